The smallest absolute Gasteiger partial charge is 0.143 e. The van der Waals surface area contributed by atoms with Crippen molar-refractivity contribution in [1.82, 2.24) is 14.9 Å². The first-order valence-corrected chi connectivity index (χ1v) is 6.10. The Balaban J connectivity index is 2.07. The van der Waals surface area contributed by atoms with Crippen molar-refractivity contribution < 1.29 is 4.39 Å². The molecule has 1 fully saturated rings. The Hall–Kier alpha value is -1.42. The van der Waals surface area contributed by atoms with Gasteiger partial charge in [0.25, 0.3) is 0 Å². The molecule has 4 heteroatoms. The summed E-state index contributed by atoms with van der Waals surface area (Å²) in [5.41, 5.74) is 2.95. The number of pyridine rings is 1. The van der Waals surface area contributed by atoms with Crippen molar-refractivity contribution >= 4 is 11.0 Å². The molecule has 3 nitrogen and oxygen atoms in total. The van der Waals surface area contributed by atoms with Gasteiger partial charge in [-0.2, -0.15) is 0 Å². The van der Waals surface area contributed by atoms with Crippen molar-refractivity contribution in [1.29, 1.82) is 0 Å². The fourth-order valence-electron chi connectivity index (χ4n) is 2.63. The van der Waals surface area contributed by atoms with E-state index in [9.17, 15) is 4.39 Å². The number of nitrogens with zero attached hydrogens (tertiary/aromatic N) is 2. The lowest BCUT2D eigenvalue weighted by atomic mass is 10.0. The first-order chi connectivity index (χ1) is 8.25. The minimum Gasteiger partial charge on any atom is -0.345 e. The first-order valence-electron chi connectivity index (χ1n) is 6.10. The third kappa shape index (κ3) is 1.82. The lowest BCUT2D eigenvalue weighted by Gasteiger charge is -2.24. The summed E-state index contributed by atoms with van der Waals surface area (Å²) in [6, 6.07) is 4.00. The fourth-order valence-corrected chi connectivity index (χ4v) is 2.63. The van der Waals surface area contributed by atoms with E-state index in [2.05, 4.69) is 20.9 Å². The van der Waals surface area contributed by atoms with E-state index in [0.29, 0.717) is 6.04 Å². The molecular weight excluding hydrogens is 217 g/mol. The van der Waals surface area contributed by atoms with E-state index in [-0.39, 0.29) is 5.82 Å². The third-order valence-corrected chi connectivity index (χ3v) is 3.56. The highest BCUT2D eigenvalue weighted by Crippen LogP contribution is 2.27. The van der Waals surface area contributed by atoms with Crippen LogP contribution in [0.5, 0.6) is 0 Å². The molecule has 0 saturated carbocycles. The van der Waals surface area contributed by atoms with Crippen molar-refractivity contribution in [2.45, 2.75) is 25.3 Å². The lowest BCUT2D eigenvalue weighted by molar-refractivity contribution is 0.399. The minimum absolute atomic E-state index is 0.276. The molecule has 1 aliphatic heterocycles. The normalized spacial score (nSPS) is 20.9. The number of rotatable bonds is 1. The van der Waals surface area contributed by atoms with Gasteiger partial charge >= 0.3 is 0 Å². The largest absolute Gasteiger partial charge is 0.345 e. The van der Waals surface area contributed by atoms with E-state index >= 15 is 0 Å². The second-order valence-corrected chi connectivity index (χ2v) is 4.69. The van der Waals surface area contributed by atoms with Crippen molar-refractivity contribution in [3.05, 3.63) is 29.8 Å². The SMILES string of the molecule is Cn1c(C2CCCCN2)cc2ncc(F)cc21. The molecule has 0 aliphatic carbocycles. The Bertz CT molecular complexity index is 541. The summed E-state index contributed by atoms with van der Waals surface area (Å²) >= 11 is 0. The molecular formula is C13H16FN3. The van der Waals surface area contributed by atoms with E-state index in [4.69, 9.17) is 0 Å². The highest BCUT2D eigenvalue weighted by Gasteiger charge is 2.19. The van der Waals surface area contributed by atoms with Gasteiger partial charge in [-0.1, -0.05) is 6.42 Å². The van der Waals surface area contributed by atoms with E-state index in [0.717, 1.165) is 24.0 Å². The average molecular weight is 233 g/mol. The van der Waals surface area contributed by atoms with Crippen LogP contribution in [0.15, 0.2) is 18.3 Å². The predicted octanol–water partition coefficient (Wildman–Crippen LogP) is 2.53. The number of piperidine rings is 1. The second-order valence-electron chi connectivity index (χ2n) is 4.69. The third-order valence-electron chi connectivity index (χ3n) is 3.56. The highest BCUT2D eigenvalue weighted by molar-refractivity contribution is 5.77. The van der Waals surface area contributed by atoms with Crippen LogP contribution in [-0.2, 0) is 7.05 Å². The monoisotopic (exact) mass is 233 g/mol. The Morgan fingerprint density at radius 3 is 3.06 bits per heavy atom. The van der Waals surface area contributed by atoms with Gasteiger partial charge in [0.05, 0.1) is 17.2 Å². The van der Waals surface area contributed by atoms with Crippen LogP contribution in [0.1, 0.15) is 31.0 Å². The number of hydrogen-bond acceptors (Lipinski definition) is 2. The van der Waals surface area contributed by atoms with Crippen LogP contribution < -0.4 is 5.32 Å². The number of halogens is 1. The van der Waals surface area contributed by atoms with Crippen molar-refractivity contribution in [3.8, 4) is 0 Å². The van der Waals surface area contributed by atoms with Gasteiger partial charge in [-0.25, -0.2) is 4.39 Å². The van der Waals surface area contributed by atoms with Crippen molar-refractivity contribution in [2.75, 3.05) is 6.54 Å². The summed E-state index contributed by atoms with van der Waals surface area (Å²) < 4.78 is 15.2. The molecule has 0 aromatic carbocycles. The average Bonchev–Trinajstić information content (AvgIpc) is 2.68. The molecule has 2 aromatic heterocycles. The summed E-state index contributed by atoms with van der Waals surface area (Å²) in [7, 11) is 1.98. The van der Waals surface area contributed by atoms with Gasteiger partial charge < -0.3 is 9.88 Å². The molecule has 1 N–H and O–H groups in total. The van der Waals surface area contributed by atoms with Crippen LogP contribution in [0.25, 0.3) is 11.0 Å². The van der Waals surface area contributed by atoms with Crippen molar-refractivity contribution in [2.24, 2.45) is 7.05 Å². The maximum atomic E-state index is 13.2. The standard InChI is InChI=1S/C13H16FN3/c1-17-12-6-9(14)8-16-11(12)7-13(17)10-4-2-3-5-15-10/h6-8,10,15H,2-5H2,1H3. The quantitative estimate of drug-likeness (QED) is 0.820. The van der Waals surface area contributed by atoms with Crippen LogP contribution >= 0.6 is 0 Å². The van der Waals surface area contributed by atoms with E-state index in [1.165, 1.54) is 24.7 Å². The maximum absolute atomic E-state index is 13.2. The molecule has 0 spiro atoms. The molecule has 90 valence electrons. The Kier molecular flexibility index (Phi) is 2.59. The molecule has 3 rings (SSSR count). The highest BCUT2D eigenvalue weighted by atomic mass is 19.1. The van der Waals surface area contributed by atoms with E-state index < -0.39 is 0 Å². The molecule has 2 aromatic rings. The number of aromatic nitrogens is 2. The zero-order valence-corrected chi connectivity index (χ0v) is 9.91. The summed E-state index contributed by atoms with van der Waals surface area (Å²) in [5.74, 6) is -0.276. The first kappa shape index (κ1) is 10.7. The Morgan fingerprint density at radius 1 is 1.41 bits per heavy atom. The van der Waals surface area contributed by atoms with Gasteiger partial charge in [-0.15, -0.1) is 0 Å². The summed E-state index contributed by atoms with van der Waals surface area (Å²) in [6.07, 6.45) is 4.92. The number of nitrogens with one attached hydrogen (secondary N) is 1. The van der Waals surface area contributed by atoms with Crippen molar-refractivity contribution in [3.63, 3.8) is 0 Å². The molecule has 1 aliphatic rings. The summed E-state index contributed by atoms with van der Waals surface area (Å²) in [6.45, 7) is 1.06. The Morgan fingerprint density at radius 2 is 2.29 bits per heavy atom. The molecule has 0 radical (unpaired) electrons. The molecule has 1 atom stereocenters. The summed E-state index contributed by atoms with van der Waals surface area (Å²) in [4.78, 5) is 4.13. The number of aryl methyl sites for hydroxylation is 1. The fraction of sp³-hybridized carbons (Fsp3) is 0.462. The molecule has 0 amide bonds. The molecule has 1 saturated heterocycles. The van der Waals surface area contributed by atoms with Crippen LogP contribution in [0.4, 0.5) is 4.39 Å². The summed E-state index contributed by atoms with van der Waals surface area (Å²) in [5, 5.41) is 3.51. The van der Waals surface area contributed by atoms with Crippen LogP contribution in [0.3, 0.4) is 0 Å². The molecule has 0 bridgehead atoms. The van der Waals surface area contributed by atoms with Gasteiger partial charge in [0.15, 0.2) is 0 Å². The van der Waals surface area contributed by atoms with Gasteiger partial charge in [0.1, 0.15) is 5.82 Å². The molecule has 1 unspecified atom stereocenters. The van der Waals surface area contributed by atoms with E-state index in [1.807, 2.05) is 7.05 Å². The molecule has 3 heterocycles. The van der Waals surface area contributed by atoms with Gasteiger partial charge in [0, 0.05) is 24.8 Å². The zero-order chi connectivity index (χ0) is 11.8. The lowest BCUT2D eigenvalue weighted by Crippen LogP contribution is -2.28. The van der Waals surface area contributed by atoms with Gasteiger partial charge in [0.2, 0.25) is 0 Å². The predicted molar refractivity (Wildman–Crippen MR) is 65.3 cm³/mol. The maximum Gasteiger partial charge on any atom is 0.143 e. The van der Waals surface area contributed by atoms with Gasteiger partial charge in [-0.05, 0) is 25.5 Å². The topological polar surface area (TPSA) is 29.9 Å². The number of fused-ring (bicyclic) bond motifs is 1. The Labute approximate surface area is 99.7 Å². The van der Waals surface area contributed by atoms with Crippen LogP contribution in [-0.4, -0.2) is 16.1 Å². The second kappa shape index (κ2) is 4.11. The minimum atomic E-state index is -0.276. The van der Waals surface area contributed by atoms with Crippen LogP contribution in [0.2, 0.25) is 0 Å². The van der Waals surface area contributed by atoms with Gasteiger partial charge in [-0.3, -0.25) is 4.98 Å². The number of hydrogen-bond donors (Lipinski definition) is 1. The molecule has 17 heavy (non-hydrogen) atoms. The zero-order valence-electron chi connectivity index (χ0n) is 9.91. The van der Waals surface area contributed by atoms with E-state index in [1.54, 1.807) is 6.07 Å². The van der Waals surface area contributed by atoms with Crippen LogP contribution in [0, 0.1) is 5.82 Å².